The molecule has 0 fully saturated rings. The van der Waals surface area contributed by atoms with Crippen LogP contribution in [-0.4, -0.2) is 12.4 Å². The summed E-state index contributed by atoms with van der Waals surface area (Å²) in [5.74, 6) is 1.54. The molecule has 20 heavy (non-hydrogen) atoms. The van der Waals surface area contributed by atoms with Crippen LogP contribution < -0.4 is 4.74 Å². The van der Waals surface area contributed by atoms with Crippen molar-refractivity contribution in [3.05, 3.63) is 29.3 Å². The van der Waals surface area contributed by atoms with E-state index >= 15 is 0 Å². The van der Waals surface area contributed by atoms with E-state index in [0.717, 1.165) is 12.2 Å². The first-order chi connectivity index (χ1) is 9.25. The summed E-state index contributed by atoms with van der Waals surface area (Å²) in [7, 11) is 0. The second kappa shape index (κ2) is 6.92. The third-order valence-electron chi connectivity index (χ3n) is 3.64. The van der Waals surface area contributed by atoms with E-state index < -0.39 is 0 Å². The molecule has 0 radical (unpaired) electrons. The lowest BCUT2D eigenvalue weighted by Gasteiger charge is -2.23. The maximum atomic E-state index is 11.2. The van der Waals surface area contributed by atoms with Gasteiger partial charge in [-0.05, 0) is 48.8 Å². The van der Waals surface area contributed by atoms with Crippen LogP contribution in [0.4, 0.5) is 0 Å². The van der Waals surface area contributed by atoms with E-state index in [4.69, 9.17) is 4.74 Å². The summed E-state index contributed by atoms with van der Waals surface area (Å²) in [6, 6.07) is 6.46. The molecule has 2 nitrogen and oxygen atoms in total. The van der Waals surface area contributed by atoms with Gasteiger partial charge in [0, 0.05) is 6.42 Å². The fraction of sp³-hybridized carbons (Fsp3) is 0.611. The van der Waals surface area contributed by atoms with Crippen LogP contribution >= 0.6 is 0 Å². The Labute approximate surface area is 123 Å². The lowest BCUT2D eigenvalue weighted by molar-refractivity contribution is -0.117. The average Bonchev–Trinajstić information content (AvgIpc) is 2.35. The highest BCUT2D eigenvalue weighted by Gasteiger charge is 2.19. The average molecular weight is 276 g/mol. The first-order valence-corrected chi connectivity index (χ1v) is 7.52. The van der Waals surface area contributed by atoms with Gasteiger partial charge >= 0.3 is 0 Å². The van der Waals surface area contributed by atoms with E-state index in [0.29, 0.717) is 18.9 Å². The Hall–Kier alpha value is -1.31. The third-order valence-corrected chi connectivity index (χ3v) is 3.64. The number of carbonyl (C=O) groups excluding carboxylic acids is 1. The lowest BCUT2D eigenvalue weighted by atomic mass is 9.83. The van der Waals surface area contributed by atoms with Crippen LogP contribution in [0.15, 0.2) is 18.2 Å². The van der Waals surface area contributed by atoms with Gasteiger partial charge in [0.25, 0.3) is 0 Å². The highest BCUT2D eigenvalue weighted by molar-refractivity contribution is 5.75. The van der Waals surface area contributed by atoms with Crippen LogP contribution in [0.3, 0.4) is 0 Å². The monoisotopic (exact) mass is 276 g/mol. The standard InChI is InChI=1S/C18H28O2/c1-7-20-17-11-10-15(18(4,5)6)12-16(17)13(2)8-9-14(3)19/h10-13H,7-9H2,1-6H3. The van der Waals surface area contributed by atoms with Gasteiger partial charge in [0.15, 0.2) is 0 Å². The first kappa shape index (κ1) is 16.7. The Morgan fingerprint density at radius 3 is 2.45 bits per heavy atom. The molecular formula is C18H28O2. The van der Waals surface area contributed by atoms with Crippen LogP contribution in [0.1, 0.15) is 71.4 Å². The van der Waals surface area contributed by atoms with Gasteiger partial charge in [-0.1, -0.05) is 39.8 Å². The van der Waals surface area contributed by atoms with Crippen molar-refractivity contribution >= 4 is 5.78 Å². The number of carbonyl (C=O) groups is 1. The van der Waals surface area contributed by atoms with Gasteiger partial charge in [-0.15, -0.1) is 0 Å². The first-order valence-electron chi connectivity index (χ1n) is 7.52. The Bertz CT molecular complexity index is 455. The molecule has 0 bridgehead atoms. The lowest BCUT2D eigenvalue weighted by Crippen LogP contribution is -2.12. The molecule has 0 aliphatic rings. The molecule has 0 saturated heterocycles. The Morgan fingerprint density at radius 1 is 1.30 bits per heavy atom. The minimum absolute atomic E-state index is 0.125. The summed E-state index contributed by atoms with van der Waals surface area (Å²) < 4.78 is 5.75. The smallest absolute Gasteiger partial charge is 0.129 e. The zero-order valence-electron chi connectivity index (χ0n) is 13.7. The molecule has 1 aromatic carbocycles. The van der Waals surface area contributed by atoms with Gasteiger partial charge in [-0.2, -0.15) is 0 Å². The quantitative estimate of drug-likeness (QED) is 0.742. The summed E-state index contributed by atoms with van der Waals surface area (Å²) in [5.41, 5.74) is 2.66. The molecule has 0 N–H and O–H groups in total. The largest absolute Gasteiger partial charge is 0.494 e. The summed E-state index contributed by atoms with van der Waals surface area (Å²) in [5, 5.41) is 0. The molecule has 0 aliphatic heterocycles. The molecule has 112 valence electrons. The topological polar surface area (TPSA) is 26.3 Å². The van der Waals surface area contributed by atoms with Crippen LogP contribution in [0, 0.1) is 0 Å². The molecule has 0 heterocycles. The predicted molar refractivity (Wildman–Crippen MR) is 84.6 cm³/mol. The maximum Gasteiger partial charge on any atom is 0.129 e. The zero-order valence-corrected chi connectivity index (χ0v) is 13.7. The predicted octanol–water partition coefficient (Wildman–Crippen LogP) is 4.86. The number of rotatable bonds is 6. The zero-order chi connectivity index (χ0) is 15.3. The Morgan fingerprint density at radius 2 is 1.95 bits per heavy atom. The molecule has 0 spiro atoms. The van der Waals surface area contributed by atoms with Crippen molar-refractivity contribution in [2.75, 3.05) is 6.61 Å². The number of Topliss-reactive ketones (excluding diaryl/α,β-unsaturated/α-hetero) is 1. The van der Waals surface area contributed by atoms with Crippen LogP contribution in [0.2, 0.25) is 0 Å². The van der Waals surface area contributed by atoms with Crippen molar-refractivity contribution in [2.45, 2.75) is 65.7 Å². The number of ether oxygens (including phenoxy) is 1. The summed E-state index contributed by atoms with van der Waals surface area (Å²) in [6.07, 6.45) is 1.51. The fourth-order valence-electron chi connectivity index (χ4n) is 2.26. The van der Waals surface area contributed by atoms with Crippen molar-refractivity contribution in [3.8, 4) is 5.75 Å². The van der Waals surface area contributed by atoms with Crippen LogP contribution in [0.5, 0.6) is 5.75 Å². The van der Waals surface area contributed by atoms with Gasteiger partial charge in [0.2, 0.25) is 0 Å². The SMILES string of the molecule is CCOc1ccc(C(C)(C)C)cc1C(C)CCC(C)=O. The Balaban J connectivity index is 3.07. The van der Waals surface area contributed by atoms with E-state index in [1.54, 1.807) is 6.92 Å². The molecule has 1 atom stereocenters. The molecule has 0 saturated carbocycles. The van der Waals surface area contributed by atoms with Crippen molar-refractivity contribution < 1.29 is 9.53 Å². The summed E-state index contributed by atoms with van der Waals surface area (Å²) in [6.45, 7) is 13.1. The minimum atomic E-state index is 0.125. The fourth-order valence-corrected chi connectivity index (χ4v) is 2.26. The van der Waals surface area contributed by atoms with E-state index in [1.165, 1.54) is 11.1 Å². The maximum absolute atomic E-state index is 11.2. The van der Waals surface area contributed by atoms with E-state index in [9.17, 15) is 4.79 Å². The molecule has 2 heteroatoms. The molecule has 1 aromatic rings. The summed E-state index contributed by atoms with van der Waals surface area (Å²) in [4.78, 5) is 11.2. The normalized spacial score (nSPS) is 13.1. The van der Waals surface area contributed by atoms with Crippen LogP contribution in [0.25, 0.3) is 0 Å². The summed E-state index contributed by atoms with van der Waals surface area (Å²) >= 11 is 0. The highest BCUT2D eigenvalue weighted by Crippen LogP contribution is 2.34. The Kier molecular flexibility index (Phi) is 5.79. The van der Waals surface area contributed by atoms with E-state index in [2.05, 4.69) is 45.9 Å². The van der Waals surface area contributed by atoms with Crippen molar-refractivity contribution in [1.29, 1.82) is 0 Å². The van der Waals surface area contributed by atoms with Gasteiger partial charge in [0.05, 0.1) is 6.61 Å². The molecule has 0 aliphatic carbocycles. The van der Waals surface area contributed by atoms with Gasteiger partial charge < -0.3 is 9.53 Å². The van der Waals surface area contributed by atoms with Gasteiger partial charge in [0.1, 0.15) is 11.5 Å². The third kappa shape index (κ3) is 4.66. The van der Waals surface area contributed by atoms with Crippen molar-refractivity contribution in [1.82, 2.24) is 0 Å². The van der Waals surface area contributed by atoms with Gasteiger partial charge in [-0.3, -0.25) is 0 Å². The van der Waals surface area contributed by atoms with Crippen LogP contribution in [-0.2, 0) is 10.2 Å². The number of ketones is 1. The minimum Gasteiger partial charge on any atom is -0.494 e. The molecule has 0 amide bonds. The molecule has 1 unspecified atom stereocenters. The number of benzene rings is 1. The molecule has 0 aromatic heterocycles. The molecule has 1 rings (SSSR count). The van der Waals surface area contributed by atoms with E-state index in [-0.39, 0.29) is 11.2 Å². The second-order valence-corrected chi connectivity index (χ2v) is 6.58. The second-order valence-electron chi connectivity index (χ2n) is 6.58. The number of hydrogen-bond donors (Lipinski definition) is 0. The van der Waals surface area contributed by atoms with Gasteiger partial charge in [-0.25, -0.2) is 0 Å². The number of hydrogen-bond acceptors (Lipinski definition) is 2. The highest BCUT2D eigenvalue weighted by atomic mass is 16.5. The molecular weight excluding hydrogens is 248 g/mol. The van der Waals surface area contributed by atoms with Crippen molar-refractivity contribution in [3.63, 3.8) is 0 Å². The van der Waals surface area contributed by atoms with Crippen molar-refractivity contribution in [2.24, 2.45) is 0 Å². The van der Waals surface area contributed by atoms with E-state index in [1.807, 2.05) is 6.92 Å².